The molecule has 0 aromatic carbocycles. The SMILES string of the molecule is C/C=C/C=C/C(=O)NC1CC2CCC(C1)N2. The lowest BCUT2D eigenvalue weighted by Gasteiger charge is -2.29. The zero-order valence-electron chi connectivity index (χ0n) is 9.78. The minimum Gasteiger partial charge on any atom is -0.350 e. The van der Waals surface area contributed by atoms with Crippen LogP contribution in [0.15, 0.2) is 24.3 Å². The van der Waals surface area contributed by atoms with Gasteiger partial charge >= 0.3 is 0 Å². The van der Waals surface area contributed by atoms with Gasteiger partial charge in [0.25, 0.3) is 0 Å². The maximum Gasteiger partial charge on any atom is 0.244 e. The molecule has 1 amide bonds. The molecular formula is C13H20N2O. The molecule has 16 heavy (non-hydrogen) atoms. The van der Waals surface area contributed by atoms with E-state index in [1.54, 1.807) is 12.2 Å². The van der Waals surface area contributed by atoms with Crippen LogP contribution < -0.4 is 10.6 Å². The molecule has 2 fully saturated rings. The molecule has 88 valence electrons. The van der Waals surface area contributed by atoms with Crippen LogP contribution in [0.4, 0.5) is 0 Å². The molecule has 0 aliphatic carbocycles. The third-order valence-electron chi connectivity index (χ3n) is 3.37. The van der Waals surface area contributed by atoms with Crippen molar-refractivity contribution in [3.05, 3.63) is 24.3 Å². The van der Waals surface area contributed by atoms with Crippen molar-refractivity contribution in [1.29, 1.82) is 0 Å². The van der Waals surface area contributed by atoms with Crippen molar-refractivity contribution in [2.75, 3.05) is 0 Å². The maximum absolute atomic E-state index is 11.6. The molecule has 2 heterocycles. The van der Waals surface area contributed by atoms with E-state index in [0.717, 1.165) is 12.8 Å². The summed E-state index contributed by atoms with van der Waals surface area (Å²) in [6, 6.07) is 1.62. The molecule has 3 heteroatoms. The third kappa shape index (κ3) is 2.95. The summed E-state index contributed by atoms with van der Waals surface area (Å²) >= 11 is 0. The molecule has 0 radical (unpaired) electrons. The van der Waals surface area contributed by atoms with Crippen LogP contribution in [0.25, 0.3) is 0 Å². The van der Waals surface area contributed by atoms with Gasteiger partial charge in [-0.25, -0.2) is 0 Å². The van der Waals surface area contributed by atoms with Crippen LogP contribution in [-0.2, 0) is 4.79 Å². The topological polar surface area (TPSA) is 41.1 Å². The number of hydrogen-bond donors (Lipinski definition) is 2. The van der Waals surface area contributed by atoms with Crippen molar-refractivity contribution >= 4 is 5.91 Å². The summed E-state index contributed by atoms with van der Waals surface area (Å²) in [6.45, 7) is 1.94. The van der Waals surface area contributed by atoms with Gasteiger partial charge in [0.2, 0.25) is 5.91 Å². The standard InChI is InChI=1S/C13H20N2O/c1-2-3-4-5-13(16)15-12-8-10-6-7-11(9-12)14-10/h2-5,10-12,14H,6-9H2,1H3,(H,15,16)/b3-2+,5-4+. The first-order valence-electron chi connectivity index (χ1n) is 6.14. The summed E-state index contributed by atoms with van der Waals surface area (Å²) in [5.74, 6) is 0.0319. The molecule has 0 aromatic rings. The smallest absolute Gasteiger partial charge is 0.244 e. The van der Waals surface area contributed by atoms with E-state index in [1.807, 2.05) is 19.1 Å². The summed E-state index contributed by atoms with van der Waals surface area (Å²) in [5, 5.41) is 6.64. The Balaban J connectivity index is 1.79. The molecule has 0 spiro atoms. The molecule has 2 bridgehead atoms. The molecule has 2 aliphatic heterocycles. The predicted molar refractivity (Wildman–Crippen MR) is 65.1 cm³/mol. The Hall–Kier alpha value is -1.09. The minimum absolute atomic E-state index is 0.0319. The van der Waals surface area contributed by atoms with Crippen LogP contribution in [0, 0.1) is 0 Å². The maximum atomic E-state index is 11.6. The van der Waals surface area contributed by atoms with Gasteiger partial charge in [-0.05, 0) is 32.6 Å². The average molecular weight is 220 g/mol. The Morgan fingerprint density at radius 2 is 1.94 bits per heavy atom. The summed E-state index contributed by atoms with van der Waals surface area (Å²) in [5.41, 5.74) is 0. The summed E-state index contributed by atoms with van der Waals surface area (Å²) in [6.07, 6.45) is 11.9. The molecule has 0 aromatic heterocycles. The molecule has 2 rings (SSSR count). The molecule has 2 atom stereocenters. The highest BCUT2D eigenvalue weighted by molar-refractivity contribution is 5.88. The Kier molecular flexibility index (Phi) is 3.78. The van der Waals surface area contributed by atoms with Gasteiger partial charge in [-0.15, -0.1) is 0 Å². The Morgan fingerprint density at radius 1 is 1.25 bits per heavy atom. The number of rotatable bonds is 3. The number of fused-ring (bicyclic) bond motifs is 2. The quantitative estimate of drug-likeness (QED) is 0.559. The summed E-state index contributed by atoms with van der Waals surface area (Å²) < 4.78 is 0. The highest BCUT2D eigenvalue weighted by Crippen LogP contribution is 2.26. The van der Waals surface area contributed by atoms with Crippen molar-refractivity contribution in [3.8, 4) is 0 Å². The number of carbonyl (C=O) groups is 1. The van der Waals surface area contributed by atoms with Crippen LogP contribution in [-0.4, -0.2) is 24.0 Å². The van der Waals surface area contributed by atoms with Crippen LogP contribution >= 0.6 is 0 Å². The monoisotopic (exact) mass is 220 g/mol. The summed E-state index contributed by atoms with van der Waals surface area (Å²) in [7, 11) is 0. The van der Waals surface area contributed by atoms with E-state index in [4.69, 9.17) is 0 Å². The lowest BCUT2D eigenvalue weighted by atomic mass is 10.00. The largest absolute Gasteiger partial charge is 0.350 e. The van der Waals surface area contributed by atoms with E-state index in [1.165, 1.54) is 12.8 Å². The van der Waals surface area contributed by atoms with E-state index >= 15 is 0 Å². The lowest BCUT2D eigenvalue weighted by Crippen LogP contribution is -2.47. The van der Waals surface area contributed by atoms with E-state index in [-0.39, 0.29) is 5.91 Å². The van der Waals surface area contributed by atoms with E-state index in [0.29, 0.717) is 18.1 Å². The number of piperidine rings is 1. The van der Waals surface area contributed by atoms with Crippen LogP contribution in [0.2, 0.25) is 0 Å². The Morgan fingerprint density at radius 3 is 2.56 bits per heavy atom. The average Bonchev–Trinajstić information content (AvgIpc) is 2.58. The Bertz CT molecular complexity index is 297. The first kappa shape index (κ1) is 11.4. The zero-order chi connectivity index (χ0) is 11.4. The van der Waals surface area contributed by atoms with E-state index in [9.17, 15) is 4.79 Å². The molecule has 2 unspecified atom stereocenters. The molecule has 0 saturated carbocycles. The van der Waals surface area contributed by atoms with Crippen LogP contribution in [0.3, 0.4) is 0 Å². The number of allylic oxidation sites excluding steroid dienone is 3. The normalized spacial score (nSPS) is 33.7. The fourth-order valence-corrected chi connectivity index (χ4v) is 2.68. The van der Waals surface area contributed by atoms with Crippen molar-refractivity contribution in [1.82, 2.24) is 10.6 Å². The van der Waals surface area contributed by atoms with E-state index in [2.05, 4.69) is 10.6 Å². The van der Waals surface area contributed by atoms with Gasteiger partial charge in [0.05, 0.1) is 0 Å². The third-order valence-corrected chi connectivity index (χ3v) is 3.37. The first-order chi connectivity index (χ1) is 7.78. The van der Waals surface area contributed by atoms with Gasteiger partial charge in [-0.3, -0.25) is 4.79 Å². The van der Waals surface area contributed by atoms with Gasteiger partial charge in [-0.2, -0.15) is 0 Å². The lowest BCUT2D eigenvalue weighted by molar-refractivity contribution is -0.117. The second-order valence-corrected chi connectivity index (χ2v) is 4.70. The molecule has 2 N–H and O–H groups in total. The number of nitrogens with one attached hydrogen (secondary N) is 2. The first-order valence-corrected chi connectivity index (χ1v) is 6.14. The number of amides is 1. The van der Waals surface area contributed by atoms with Gasteiger partial charge in [0.1, 0.15) is 0 Å². The second kappa shape index (κ2) is 5.30. The van der Waals surface area contributed by atoms with E-state index < -0.39 is 0 Å². The fraction of sp³-hybridized carbons (Fsp3) is 0.615. The van der Waals surface area contributed by atoms with Crippen LogP contribution in [0.5, 0.6) is 0 Å². The second-order valence-electron chi connectivity index (χ2n) is 4.70. The minimum atomic E-state index is 0.0319. The number of carbonyl (C=O) groups excluding carboxylic acids is 1. The van der Waals surface area contributed by atoms with Gasteiger partial charge in [0, 0.05) is 24.2 Å². The highest BCUT2D eigenvalue weighted by atomic mass is 16.1. The molecule has 2 aliphatic rings. The van der Waals surface area contributed by atoms with Crippen molar-refractivity contribution in [2.24, 2.45) is 0 Å². The predicted octanol–water partition coefficient (Wildman–Crippen LogP) is 1.52. The Labute approximate surface area is 97.0 Å². The number of hydrogen-bond acceptors (Lipinski definition) is 2. The van der Waals surface area contributed by atoms with Gasteiger partial charge in [0.15, 0.2) is 0 Å². The molecule has 2 saturated heterocycles. The van der Waals surface area contributed by atoms with Crippen molar-refractivity contribution < 1.29 is 4.79 Å². The van der Waals surface area contributed by atoms with Crippen molar-refractivity contribution in [2.45, 2.75) is 50.7 Å². The molecular weight excluding hydrogens is 200 g/mol. The van der Waals surface area contributed by atoms with Gasteiger partial charge < -0.3 is 10.6 Å². The summed E-state index contributed by atoms with van der Waals surface area (Å²) in [4.78, 5) is 11.6. The van der Waals surface area contributed by atoms with Crippen molar-refractivity contribution in [3.63, 3.8) is 0 Å². The van der Waals surface area contributed by atoms with Crippen LogP contribution in [0.1, 0.15) is 32.6 Å². The molecule has 3 nitrogen and oxygen atoms in total. The fourth-order valence-electron chi connectivity index (χ4n) is 2.68. The highest BCUT2D eigenvalue weighted by Gasteiger charge is 2.33. The van der Waals surface area contributed by atoms with Gasteiger partial charge in [-0.1, -0.05) is 18.2 Å². The zero-order valence-corrected chi connectivity index (χ0v) is 9.78.